The Morgan fingerprint density at radius 1 is 0.438 bits per heavy atom. The standard InChI is InChI=1S/C61H48N2S/c1-60(2)50-27-14-13-24-43(50)47-37-53-48(36-52(47)60)46-34-41(28-30-51(46)61(53)32-15-6-16-33-61)42-29-31-54-49(35-42)44-25-17-26-45(59(44)64-54)58-57(40-22-11-5-12-23-40)62-55(38-18-7-3-8-19-38)56(63-58)39-20-9-4-10-21-39/h3-5,7-14,17-31,34-37,57-58H,6,15-16,32-33H2,1-2H3. The molecule has 4 aliphatic rings. The van der Waals surface area contributed by atoms with E-state index in [0.29, 0.717) is 0 Å². The lowest BCUT2D eigenvalue weighted by atomic mass is 9.67. The molecule has 0 bridgehead atoms. The first kappa shape index (κ1) is 37.8. The molecule has 0 N–H and O–H groups in total. The second-order valence-corrected chi connectivity index (χ2v) is 20.1. The van der Waals surface area contributed by atoms with Gasteiger partial charge in [0.05, 0.1) is 11.4 Å². The highest BCUT2D eigenvalue weighted by atomic mass is 32.1. The van der Waals surface area contributed by atoms with Crippen LogP contribution in [0.15, 0.2) is 192 Å². The molecule has 3 heteroatoms. The molecule has 0 radical (unpaired) electrons. The van der Waals surface area contributed by atoms with Gasteiger partial charge < -0.3 is 0 Å². The highest BCUT2D eigenvalue weighted by molar-refractivity contribution is 7.26. The third-order valence-corrected chi connectivity index (χ3v) is 16.5. The summed E-state index contributed by atoms with van der Waals surface area (Å²) >= 11 is 1.89. The van der Waals surface area contributed by atoms with Gasteiger partial charge in [-0.25, -0.2) is 0 Å². The molecule has 1 fully saturated rings. The van der Waals surface area contributed by atoms with E-state index in [1.165, 1.54) is 108 Å². The summed E-state index contributed by atoms with van der Waals surface area (Å²) in [7, 11) is 0. The maximum Gasteiger partial charge on any atom is 0.104 e. The van der Waals surface area contributed by atoms with Crippen LogP contribution in [0.3, 0.4) is 0 Å². The van der Waals surface area contributed by atoms with E-state index in [2.05, 4.69) is 196 Å². The van der Waals surface area contributed by atoms with Gasteiger partial charge in [0.1, 0.15) is 12.1 Å². The van der Waals surface area contributed by atoms with Crippen LogP contribution in [0.5, 0.6) is 0 Å². The van der Waals surface area contributed by atoms with Crippen molar-refractivity contribution < 1.29 is 0 Å². The third kappa shape index (κ3) is 5.63. The summed E-state index contributed by atoms with van der Waals surface area (Å²) in [6.07, 6.45) is 6.37. The number of fused-ring (bicyclic) bond motifs is 11. The molecule has 0 saturated heterocycles. The Hall–Kier alpha value is -6.68. The fraction of sp³-hybridized carbons (Fsp3) is 0.180. The van der Waals surface area contributed by atoms with Crippen molar-refractivity contribution >= 4 is 42.9 Å². The molecule has 2 heterocycles. The number of benzene rings is 8. The molecule has 8 aromatic carbocycles. The average molecular weight is 841 g/mol. The fourth-order valence-electron chi connectivity index (χ4n) is 12.1. The van der Waals surface area contributed by atoms with Crippen molar-refractivity contribution in [2.45, 2.75) is 68.9 Å². The zero-order chi connectivity index (χ0) is 42.6. The van der Waals surface area contributed by atoms with Crippen LogP contribution in [-0.4, -0.2) is 11.4 Å². The van der Waals surface area contributed by atoms with Gasteiger partial charge in [-0.1, -0.05) is 185 Å². The minimum atomic E-state index is -0.204. The van der Waals surface area contributed by atoms with Gasteiger partial charge in [-0.3, -0.25) is 9.98 Å². The van der Waals surface area contributed by atoms with Gasteiger partial charge in [0.15, 0.2) is 0 Å². The van der Waals surface area contributed by atoms with Crippen molar-refractivity contribution in [3.63, 3.8) is 0 Å². The molecule has 308 valence electrons. The summed E-state index contributed by atoms with van der Waals surface area (Å²) in [5.74, 6) is 0. The SMILES string of the molecule is CC1(C)c2ccccc2-c2cc3c(cc21)-c1cc(-c2ccc4sc5c(C6N=C(c7ccccc7)C(c7ccccc7)=NC6c6ccccc6)cccc5c4c2)ccc1C31CCCCC1. The van der Waals surface area contributed by atoms with E-state index in [1.807, 2.05) is 11.3 Å². The first-order chi connectivity index (χ1) is 31.5. The summed E-state index contributed by atoms with van der Waals surface area (Å²) in [6.45, 7) is 4.83. The van der Waals surface area contributed by atoms with Crippen molar-refractivity contribution in [1.82, 2.24) is 0 Å². The van der Waals surface area contributed by atoms with Gasteiger partial charge in [-0.05, 0) is 110 Å². The van der Waals surface area contributed by atoms with Gasteiger partial charge in [-0.2, -0.15) is 0 Å². The molecule has 9 aromatic rings. The molecule has 2 nitrogen and oxygen atoms in total. The van der Waals surface area contributed by atoms with Crippen LogP contribution in [0.2, 0.25) is 0 Å². The summed E-state index contributed by atoms with van der Waals surface area (Å²) in [6, 6.07) is 67.4. The van der Waals surface area contributed by atoms with Crippen LogP contribution < -0.4 is 0 Å². The number of hydrogen-bond donors (Lipinski definition) is 0. The molecule has 13 rings (SSSR count). The molecular weight excluding hydrogens is 793 g/mol. The topological polar surface area (TPSA) is 24.7 Å². The van der Waals surface area contributed by atoms with Crippen LogP contribution in [-0.2, 0) is 10.8 Å². The highest BCUT2D eigenvalue weighted by Gasteiger charge is 2.46. The Kier molecular flexibility index (Phi) is 8.53. The Morgan fingerprint density at radius 2 is 1.05 bits per heavy atom. The minimum Gasteiger partial charge on any atom is -0.272 e. The van der Waals surface area contributed by atoms with Crippen LogP contribution in [0, 0.1) is 0 Å². The van der Waals surface area contributed by atoms with Crippen LogP contribution in [0.1, 0.15) is 103 Å². The summed E-state index contributed by atoms with van der Waals surface area (Å²) in [4.78, 5) is 11.4. The molecule has 1 spiro atoms. The molecule has 64 heavy (non-hydrogen) atoms. The van der Waals surface area contributed by atoms with Crippen molar-refractivity contribution in [2.75, 3.05) is 0 Å². The first-order valence-corrected chi connectivity index (χ1v) is 24.0. The van der Waals surface area contributed by atoms with Crippen molar-refractivity contribution in [3.8, 4) is 33.4 Å². The van der Waals surface area contributed by atoms with Gasteiger partial charge in [-0.15, -0.1) is 11.3 Å². The largest absolute Gasteiger partial charge is 0.272 e. The molecule has 1 aliphatic heterocycles. The highest BCUT2D eigenvalue weighted by Crippen LogP contribution is 2.60. The molecule has 2 unspecified atom stereocenters. The smallest absolute Gasteiger partial charge is 0.104 e. The predicted octanol–water partition coefficient (Wildman–Crippen LogP) is 16.0. The maximum absolute atomic E-state index is 5.75. The van der Waals surface area contributed by atoms with E-state index in [1.54, 1.807) is 11.1 Å². The van der Waals surface area contributed by atoms with Crippen molar-refractivity contribution in [1.29, 1.82) is 0 Å². The number of hydrogen-bond acceptors (Lipinski definition) is 3. The Labute approximate surface area is 379 Å². The van der Waals surface area contributed by atoms with Gasteiger partial charge in [0.2, 0.25) is 0 Å². The second-order valence-electron chi connectivity index (χ2n) is 19.0. The zero-order valence-corrected chi connectivity index (χ0v) is 37.1. The quantitative estimate of drug-likeness (QED) is 0.165. The van der Waals surface area contributed by atoms with Crippen molar-refractivity contribution in [2.24, 2.45) is 9.98 Å². The maximum atomic E-state index is 5.75. The van der Waals surface area contributed by atoms with E-state index in [9.17, 15) is 0 Å². The molecule has 1 aromatic heterocycles. The lowest BCUT2D eigenvalue weighted by Crippen LogP contribution is -2.28. The number of aliphatic imine (C=N–C) groups is 2. The molecule has 0 amide bonds. The number of rotatable bonds is 5. The molecular formula is C61H48N2S. The fourth-order valence-corrected chi connectivity index (χ4v) is 13.3. The monoisotopic (exact) mass is 840 g/mol. The van der Waals surface area contributed by atoms with E-state index < -0.39 is 0 Å². The molecule has 1 saturated carbocycles. The zero-order valence-electron chi connectivity index (χ0n) is 36.3. The second kappa shape index (κ2) is 14.4. The first-order valence-electron chi connectivity index (χ1n) is 23.2. The molecule has 3 aliphatic carbocycles. The van der Waals surface area contributed by atoms with E-state index in [4.69, 9.17) is 9.98 Å². The summed E-state index contributed by atoms with van der Waals surface area (Å²) < 4.78 is 2.58. The lowest BCUT2D eigenvalue weighted by molar-refractivity contribution is 0.353. The van der Waals surface area contributed by atoms with Crippen molar-refractivity contribution in [3.05, 3.63) is 226 Å². The lowest BCUT2D eigenvalue weighted by Gasteiger charge is -2.36. The van der Waals surface area contributed by atoms with E-state index in [0.717, 1.165) is 22.6 Å². The minimum absolute atomic E-state index is 0.0331. The Balaban J connectivity index is 0.946. The normalized spacial score (nSPS) is 18.9. The summed E-state index contributed by atoms with van der Waals surface area (Å²) in [5.41, 5.74) is 20.8. The molecule has 2 atom stereocenters. The van der Waals surface area contributed by atoms with E-state index in [-0.39, 0.29) is 22.9 Å². The average Bonchev–Trinajstić information content (AvgIpc) is 3.94. The predicted molar refractivity (Wildman–Crippen MR) is 270 cm³/mol. The summed E-state index contributed by atoms with van der Waals surface area (Å²) in [5, 5.41) is 2.58. The van der Waals surface area contributed by atoms with Crippen LogP contribution >= 0.6 is 11.3 Å². The van der Waals surface area contributed by atoms with E-state index >= 15 is 0 Å². The van der Waals surface area contributed by atoms with Gasteiger partial charge in [0.25, 0.3) is 0 Å². The van der Waals surface area contributed by atoms with Crippen LogP contribution in [0.25, 0.3) is 53.6 Å². The van der Waals surface area contributed by atoms with Gasteiger partial charge in [0, 0.05) is 42.1 Å². The van der Waals surface area contributed by atoms with Gasteiger partial charge >= 0.3 is 0 Å². The number of nitrogens with zero attached hydrogens (tertiary/aromatic N) is 2. The Bertz CT molecular complexity index is 3380. The Morgan fingerprint density at radius 3 is 1.80 bits per heavy atom. The van der Waals surface area contributed by atoms with Crippen LogP contribution in [0.4, 0.5) is 0 Å². The third-order valence-electron chi connectivity index (χ3n) is 15.2. The number of thiophene rings is 1.